The minimum atomic E-state index is -0.144. The molecule has 0 unspecified atom stereocenters. The number of hydrogen-bond donors (Lipinski definition) is 1. The maximum Gasteiger partial charge on any atom is 0.0824 e. The summed E-state index contributed by atoms with van der Waals surface area (Å²) in [5, 5.41) is 16.9. The summed E-state index contributed by atoms with van der Waals surface area (Å²) in [6.07, 6.45) is 3.53. The van der Waals surface area contributed by atoms with Gasteiger partial charge in [0.15, 0.2) is 0 Å². The number of nitrogens with zero attached hydrogens (tertiary/aromatic N) is 3. The average Bonchev–Trinajstić information content (AvgIpc) is 2.52. The Hall–Kier alpha value is -0.900. The van der Waals surface area contributed by atoms with E-state index in [2.05, 4.69) is 10.3 Å². The van der Waals surface area contributed by atoms with Crippen molar-refractivity contribution in [3.05, 3.63) is 11.9 Å². The number of aryl methyl sites for hydroxylation is 1. The van der Waals surface area contributed by atoms with E-state index in [4.69, 9.17) is 5.11 Å². The van der Waals surface area contributed by atoms with Gasteiger partial charge in [0.2, 0.25) is 0 Å². The predicted octanol–water partition coefficient (Wildman–Crippen LogP) is 0.958. The van der Waals surface area contributed by atoms with Crippen molar-refractivity contribution in [1.82, 2.24) is 15.0 Å². The quantitative estimate of drug-likeness (QED) is 0.756. The third kappa shape index (κ3) is 2.28. The van der Waals surface area contributed by atoms with E-state index in [1.807, 2.05) is 31.6 Å². The Morgan fingerprint density at radius 1 is 1.54 bits per heavy atom. The maximum atomic E-state index is 8.87. The molecule has 0 aliphatic heterocycles. The monoisotopic (exact) mass is 183 g/mol. The first kappa shape index (κ1) is 10.2. The van der Waals surface area contributed by atoms with E-state index < -0.39 is 0 Å². The van der Waals surface area contributed by atoms with Crippen LogP contribution in [0.3, 0.4) is 0 Å². The van der Waals surface area contributed by atoms with E-state index in [0.29, 0.717) is 6.42 Å². The number of aliphatic hydroxyl groups is 1. The van der Waals surface area contributed by atoms with Gasteiger partial charge in [0, 0.05) is 12.8 Å². The van der Waals surface area contributed by atoms with E-state index in [-0.39, 0.29) is 12.1 Å². The standard InChI is InChI=1S/C9H17N3O/c1-4-8-7-12(11-10-8)9(2,3)5-6-13/h7,13H,4-6H2,1-3H3. The van der Waals surface area contributed by atoms with Gasteiger partial charge in [-0.05, 0) is 26.7 Å². The molecule has 1 aromatic heterocycles. The highest BCUT2D eigenvalue weighted by atomic mass is 16.3. The first-order valence-electron chi connectivity index (χ1n) is 4.62. The summed E-state index contributed by atoms with van der Waals surface area (Å²) in [4.78, 5) is 0. The molecular formula is C9H17N3O. The molecule has 4 nitrogen and oxygen atoms in total. The SMILES string of the molecule is CCc1cn(C(C)(C)CCO)nn1. The second-order valence-corrected chi connectivity index (χ2v) is 3.79. The summed E-state index contributed by atoms with van der Waals surface area (Å²) in [7, 11) is 0. The normalized spacial score (nSPS) is 12.0. The molecule has 13 heavy (non-hydrogen) atoms. The van der Waals surface area contributed by atoms with Crippen molar-refractivity contribution >= 4 is 0 Å². The molecule has 1 heterocycles. The van der Waals surface area contributed by atoms with E-state index >= 15 is 0 Å². The van der Waals surface area contributed by atoms with Crippen LogP contribution in [0.2, 0.25) is 0 Å². The molecule has 0 saturated carbocycles. The lowest BCUT2D eigenvalue weighted by atomic mass is 10.0. The van der Waals surface area contributed by atoms with Crippen LogP contribution in [0.5, 0.6) is 0 Å². The molecule has 0 fully saturated rings. The molecule has 0 bridgehead atoms. The molecule has 1 rings (SSSR count). The van der Waals surface area contributed by atoms with Crippen molar-refractivity contribution in [2.75, 3.05) is 6.61 Å². The highest BCUT2D eigenvalue weighted by Crippen LogP contribution is 2.17. The van der Waals surface area contributed by atoms with E-state index in [1.54, 1.807) is 0 Å². The molecule has 0 aliphatic rings. The second-order valence-electron chi connectivity index (χ2n) is 3.79. The third-order valence-electron chi connectivity index (χ3n) is 2.25. The van der Waals surface area contributed by atoms with Crippen LogP contribution in [0.4, 0.5) is 0 Å². The molecule has 1 N–H and O–H groups in total. The summed E-state index contributed by atoms with van der Waals surface area (Å²) < 4.78 is 1.82. The summed E-state index contributed by atoms with van der Waals surface area (Å²) >= 11 is 0. The van der Waals surface area contributed by atoms with Crippen molar-refractivity contribution in [2.24, 2.45) is 0 Å². The van der Waals surface area contributed by atoms with Gasteiger partial charge in [-0.3, -0.25) is 0 Å². The van der Waals surface area contributed by atoms with Crippen molar-refractivity contribution in [2.45, 2.75) is 39.2 Å². The fourth-order valence-electron chi connectivity index (χ4n) is 1.14. The fraction of sp³-hybridized carbons (Fsp3) is 0.778. The Balaban J connectivity index is 2.80. The van der Waals surface area contributed by atoms with Crippen LogP contribution in [0.15, 0.2) is 6.20 Å². The zero-order valence-corrected chi connectivity index (χ0v) is 8.49. The zero-order valence-electron chi connectivity index (χ0n) is 8.49. The van der Waals surface area contributed by atoms with Gasteiger partial charge in [0.25, 0.3) is 0 Å². The molecule has 0 amide bonds. The first-order chi connectivity index (χ1) is 6.10. The number of aromatic nitrogens is 3. The summed E-state index contributed by atoms with van der Waals surface area (Å²) in [5.74, 6) is 0. The molecule has 4 heteroatoms. The molecule has 1 aromatic rings. The fourth-order valence-corrected chi connectivity index (χ4v) is 1.14. The van der Waals surface area contributed by atoms with Gasteiger partial charge >= 0.3 is 0 Å². The third-order valence-corrected chi connectivity index (χ3v) is 2.25. The Bertz CT molecular complexity index is 268. The highest BCUT2D eigenvalue weighted by molar-refractivity contribution is 4.94. The lowest BCUT2D eigenvalue weighted by Crippen LogP contribution is -2.28. The largest absolute Gasteiger partial charge is 0.396 e. The maximum absolute atomic E-state index is 8.87. The number of rotatable bonds is 4. The van der Waals surface area contributed by atoms with Gasteiger partial charge in [-0.15, -0.1) is 5.10 Å². The van der Waals surface area contributed by atoms with Crippen LogP contribution in [-0.4, -0.2) is 26.7 Å². The summed E-state index contributed by atoms with van der Waals surface area (Å²) in [6, 6.07) is 0. The Kier molecular flexibility index (Phi) is 3.03. The van der Waals surface area contributed by atoms with Gasteiger partial charge < -0.3 is 5.11 Å². The molecule has 74 valence electrons. The molecule has 0 spiro atoms. The average molecular weight is 183 g/mol. The summed E-state index contributed by atoms with van der Waals surface area (Å²) in [6.45, 7) is 6.30. The lowest BCUT2D eigenvalue weighted by Gasteiger charge is -2.23. The van der Waals surface area contributed by atoms with Crippen molar-refractivity contribution < 1.29 is 5.11 Å². The minimum Gasteiger partial charge on any atom is -0.396 e. The molecule has 0 radical (unpaired) electrons. The van der Waals surface area contributed by atoms with Crippen LogP contribution in [-0.2, 0) is 12.0 Å². The van der Waals surface area contributed by atoms with E-state index in [1.165, 1.54) is 0 Å². The number of aliphatic hydroxyl groups excluding tert-OH is 1. The van der Waals surface area contributed by atoms with Crippen molar-refractivity contribution in [1.29, 1.82) is 0 Å². The van der Waals surface area contributed by atoms with E-state index in [0.717, 1.165) is 12.1 Å². The van der Waals surface area contributed by atoms with Gasteiger partial charge in [0.05, 0.1) is 11.2 Å². The summed E-state index contributed by atoms with van der Waals surface area (Å²) in [5.41, 5.74) is 0.848. The van der Waals surface area contributed by atoms with Crippen LogP contribution in [0.1, 0.15) is 32.9 Å². The topological polar surface area (TPSA) is 50.9 Å². The predicted molar refractivity (Wildman–Crippen MR) is 50.4 cm³/mol. The molecule has 0 atom stereocenters. The highest BCUT2D eigenvalue weighted by Gasteiger charge is 2.20. The van der Waals surface area contributed by atoms with Crippen molar-refractivity contribution in [3.63, 3.8) is 0 Å². The van der Waals surface area contributed by atoms with Crippen LogP contribution < -0.4 is 0 Å². The van der Waals surface area contributed by atoms with Gasteiger partial charge in [-0.1, -0.05) is 12.1 Å². The smallest absolute Gasteiger partial charge is 0.0824 e. The molecule has 0 aromatic carbocycles. The van der Waals surface area contributed by atoms with Crippen LogP contribution in [0.25, 0.3) is 0 Å². The Labute approximate surface area is 78.6 Å². The second kappa shape index (κ2) is 3.87. The Morgan fingerprint density at radius 2 is 2.23 bits per heavy atom. The first-order valence-corrected chi connectivity index (χ1v) is 4.62. The van der Waals surface area contributed by atoms with Crippen LogP contribution in [0, 0.1) is 0 Å². The van der Waals surface area contributed by atoms with Crippen molar-refractivity contribution in [3.8, 4) is 0 Å². The van der Waals surface area contributed by atoms with Gasteiger partial charge in [0.1, 0.15) is 0 Å². The van der Waals surface area contributed by atoms with Crippen LogP contribution >= 0.6 is 0 Å². The number of hydrogen-bond acceptors (Lipinski definition) is 3. The van der Waals surface area contributed by atoms with Gasteiger partial charge in [-0.25, -0.2) is 4.68 Å². The Morgan fingerprint density at radius 3 is 2.69 bits per heavy atom. The molecular weight excluding hydrogens is 166 g/mol. The molecule has 0 aliphatic carbocycles. The lowest BCUT2D eigenvalue weighted by molar-refractivity contribution is 0.199. The minimum absolute atomic E-state index is 0.144. The van der Waals surface area contributed by atoms with E-state index in [9.17, 15) is 0 Å². The molecule has 0 saturated heterocycles. The van der Waals surface area contributed by atoms with Gasteiger partial charge in [-0.2, -0.15) is 0 Å². The zero-order chi connectivity index (χ0) is 9.90.